The molecule has 4 rings (SSSR count). The fraction of sp³-hybridized carbons (Fsp3) is 0.606. The van der Waals surface area contributed by atoms with Crippen LogP contribution in [0.15, 0.2) is 55.6 Å². The van der Waals surface area contributed by atoms with Crippen molar-refractivity contribution in [3.63, 3.8) is 0 Å². The van der Waals surface area contributed by atoms with Crippen LogP contribution in [0.25, 0.3) is 0 Å². The minimum atomic E-state index is -1.27. The Hall–Kier alpha value is -2.49. The average Bonchev–Trinajstić information content (AvgIpc) is 3.50. The Morgan fingerprint density at radius 3 is 2.45 bits per heavy atom. The third kappa shape index (κ3) is 5.72. The molecule has 0 aromatic heterocycles. The summed E-state index contributed by atoms with van der Waals surface area (Å²) in [5.41, 5.74) is -1.26. The lowest BCUT2D eigenvalue weighted by atomic mass is 9.70. The minimum absolute atomic E-state index is 0.0869. The molecule has 7 atom stereocenters. The SMILES string of the molecule is C=CCCOC(=O)[C@H]1[C@H]2C(=O)N([C@H](CO)c3ccccc3)C(C(=O)N(CC=C)C(C)(C)CC(C)(C)C)C23CC(Br)[C@@H]1O3. The van der Waals surface area contributed by atoms with E-state index in [1.54, 1.807) is 17.1 Å². The minimum Gasteiger partial charge on any atom is -0.465 e. The van der Waals surface area contributed by atoms with Crippen LogP contribution in [-0.4, -0.2) is 80.6 Å². The van der Waals surface area contributed by atoms with Crippen LogP contribution < -0.4 is 0 Å². The zero-order valence-corrected chi connectivity index (χ0v) is 27.0. The van der Waals surface area contributed by atoms with Crippen LogP contribution in [0.5, 0.6) is 0 Å². The molecule has 2 bridgehead atoms. The Morgan fingerprint density at radius 2 is 1.88 bits per heavy atom. The van der Waals surface area contributed by atoms with Gasteiger partial charge in [-0.1, -0.05) is 79.2 Å². The number of amides is 2. The first kappa shape index (κ1) is 32.4. The third-order valence-corrected chi connectivity index (χ3v) is 9.61. The molecule has 3 aliphatic heterocycles. The van der Waals surface area contributed by atoms with Gasteiger partial charge >= 0.3 is 5.97 Å². The van der Waals surface area contributed by atoms with E-state index in [4.69, 9.17) is 9.47 Å². The van der Waals surface area contributed by atoms with E-state index >= 15 is 0 Å². The van der Waals surface area contributed by atoms with Gasteiger partial charge in [0.05, 0.1) is 37.2 Å². The Kier molecular flexibility index (Phi) is 9.46. The molecule has 230 valence electrons. The van der Waals surface area contributed by atoms with Gasteiger partial charge < -0.3 is 24.4 Å². The monoisotopic (exact) mass is 644 g/mol. The van der Waals surface area contributed by atoms with Gasteiger partial charge in [-0.3, -0.25) is 14.4 Å². The van der Waals surface area contributed by atoms with Crippen LogP contribution >= 0.6 is 15.9 Å². The molecule has 3 aliphatic rings. The van der Waals surface area contributed by atoms with Gasteiger partial charge in [0.15, 0.2) is 0 Å². The van der Waals surface area contributed by atoms with Crippen molar-refractivity contribution in [2.45, 2.75) is 88.0 Å². The summed E-state index contributed by atoms with van der Waals surface area (Å²) in [5, 5.41) is 10.7. The normalized spacial score (nSPS) is 29.3. The molecule has 8 nitrogen and oxygen atoms in total. The zero-order chi connectivity index (χ0) is 31.0. The molecule has 3 saturated heterocycles. The van der Waals surface area contributed by atoms with Crippen molar-refractivity contribution in [2.75, 3.05) is 19.8 Å². The summed E-state index contributed by atoms with van der Waals surface area (Å²) in [4.78, 5) is 46.1. The largest absolute Gasteiger partial charge is 0.465 e. The van der Waals surface area contributed by atoms with Gasteiger partial charge in [0, 0.05) is 16.9 Å². The summed E-state index contributed by atoms with van der Waals surface area (Å²) >= 11 is 3.71. The number of nitrogens with zero attached hydrogens (tertiary/aromatic N) is 2. The summed E-state index contributed by atoms with van der Waals surface area (Å²) in [6, 6.07) is 7.32. The fourth-order valence-electron chi connectivity index (χ4n) is 7.63. The lowest BCUT2D eigenvalue weighted by molar-refractivity contribution is -0.158. The van der Waals surface area contributed by atoms with E-state index in [0.717, 1.165) is 0 Å². The molecule has 3 fully saturated rings. The highest BCUT2D eigenvalue weighted by Crippen LogP contribution is 2.61. The van der Waals surface area contributed by atoms with Crippen LogP contribution in [0.2, 0.25) is 0 Å². The number of carbonyl (C=O) groups is 3. The van der Waals surface area contributed by atoms with Gasteiger partial charge in [-0.05, 0) is 44.1 Å². The molecular weight excluding hydrogens is 600 g/mol. The van der Waals surface area contributed by atoms with Crippen LogP contribution in [0, 0.1) is 17.3 Å². The number of benzene rings is 1. The first-order valence-corrected chi connectivity index (χ1v) is 15.7. The summed E-state index contributed by atoms with van der Waals surface area (Å²) in [7, 11) is 0. The summed E-state index contributed by atoms with van der Waals surface area (Å²) < 4.78 is 12.2. The van der Waals surface area contributed by atoms with Gasteiger partial charge in [-0.2, -0.15) is 0 Å². The molecular formula is C33H45BrN2O6. The fourth-order valence-corrected chi connectivity index (χ4v) is 8.57. The van der Waals surface area contributed by atoms with E-state index in [-0.39, 0.29) is 35.2 Å². The lowest BCUT2D eigenvalue weighted by Gasteiger charge is -2.46. The Bertz CT molecular complexity index is 1200. The Balaban J connectivity index is 1.86. The van der Waals surface area contributed by atoms with Gasteiger partial charge in [-0.15, -0.1) is 13.2 Å². The molecule has 0 saturated carbocycles. The summed E-state index contributed by atoms with van der Waals surface area (Å²) in [6.07, 6.45) is 4.29. The number of rotatable bonds is 12. The Labute approximate surface area is 258 Å². The van der Waals surface area contributed by atoms with Gasteiger partial charge in [0.2, 0.25) is 11.8 Å². The van der Waals surface area contributed by atoms with Gasteiger partial charge in [0.1, 0.15) is 11.6 Å². The number of aliphatic hydroxyl groups excluding tert-OH is 1. The molecule has 0 aliphatic carbocycles. The lowest BCUT2D eigenvalue weighted by Crippen LogP contribution is -2.61. The number of likely N-dealkylation sites (tertiary alicyclic amines) is 1. The maximum atomic E-state index is 15.0. The number of esters is 1. The van der Waals surface area contributed by atoms with Crippen LogP contribution in [-0.2, 0) is 23.9 Å². The standard InChI is InChI=1S/C33H45BrN2O6/c1-8-10-17-41-30(40)24-25-28(38)36(23(19-37)21-14-12-11-13-15-21)27(33(25)18-22(34)26(24)42-33)29(39)35(16-9-2)32(6,7)20-31(3,4)5/h8-9,11-15,22-27,37H,1-2,10,16-20H2,3-7H3/t22?,23-,24+,25+,26+,27?,33?/m1/s1. The van der Waals surface area contributed by atoms with Gasteiger partial charge in [0.25, 0.3) is 0 Å². The van der Waals surface area contributed by atoms with Crippen molar-refractivity contribution in [3.8, 4) is 0 Å². The second-order valence-electron chi connectivity index (χ2n) is 13.6. The molecule has 3 unspecified atom stereocenters. The second kappa shape index (κ2) is 12.2. The van der Waals surface area contributed by atoms with E-state index in [9.17, 15) is 19.5 Å². The maximum absolute atomic E-state index is 15.0. The van der Waals surface area contributed by atoms with Crippen molar-refractivity contribution < 1.29 is 29.0 Å². The van der Waals surface area contributed by atoms with E-state index < -0.39 is 53.7 Å². The maximum Gasteiger partial charge on any atom is 0.312 e. The van der Waals surface area contributed by atoms with Crippen molar-refractivity contribution in [2.24, 2.45) is 17.3 Å². The highest BCUT2D eigenvalue weighted by atomic mass is 79.9. The van der Waals surface area contributed by atoms with Crippen LogP contribution in [0.3, 0.4) is 0 Å². The number of fused-ring (bicyclic) bond motifs is 1. The topological polar surface area (TPSA) is 96.4 Å². The number of ether oxygens (including phenoxy) is 2. The smallest absolute Gasteiger partial charge is 0.312 e. The molecule has 1 aromatic rings. The third-order valence-electron chi connectivity index (χ3n) is 8.76. The van der Waals surface area contributed by atoms with Crippen molar-refractivity contribution in [3.05, 3.63) is 61.2 Å². The van der Waals surface area contributed by atoms with E-state index in [1.807, 2.05) is 44.2 Å². The predicted molar refractivity (Wildman–Crippen MR) is 165 cm³/mol. The number of hydrogen-bond acceptors (Lipinski definition) is 6. The van der Waals surface area contributed by atoms with E-state index in [1.165, 1.54) is 4.90 Å². The number of carbonyl (C=O) groups excluding carboxylic acids is 3. The highest BCUT2D eigenvalue weighted by Gasteiger charge is 2.78. The molecule has 1 N–H and O–H groups in total. The molecule has 1 spiro atoms. The van der Waals surface area contributed by atoms with E-state index in [2.05, 4.69) is 49.9 Å². The Morgan fingerprint density at radius 1 is 1.21 bits per heavy atom. The first-order valence-electron chi connectivity index (χ1n) is 14.7. The van der Waals surface area contributed by atoms with Gasteiger partial charge in [-0.25, -0.2) is 0 Å². The average molecular weight is 646 g/mol. The number of aliphatic hydroxyl groups is 1. The molecule has 3 heterocycles. The van der Waals surface area contributed by atoms with Crippen molar-refractivity contribution in [1.82, 2.24) is 9.80 Å². The quantitative estimate of drug-likeness (QED) is 0.152. The first-order chi connectivity index (χ1) is 19.7. The number of halogens is 1. The van der Waals surface area contributed by atoms with Crippen LogP contribution in [0.4, 0.5) is 0 Å². The molecule has 0 radical (unpaired) electrons. The second-order valence-corrected chi connectivity index (χ2v) is 14.7. The van der Waals surface area contributed by atoms with E-state index in [0.29, 0.717) is 24.8 Å². The zero-order valence-electron chi connectivity index (χ0n) is 25.4. The number of alkyl halides is 1. The predicted octanol–water partition coefficient (Wildman–Crippen LogP) is 4.82. The molecule has 2 amide bonds. The molecule has 42 heavy (non-hydrogen) atoms. The highest BCUT2D eigenvalue weighted by molar-refractivity contribution is 9.09. The van der Waals surface area contributed by atoms with Crippen molar-refractivity contribution in [1.29, 1.82) is 0 Å². The van der Waals surface area contributed by atoms with Crippen molar-refractivity contribution >= 4 is 33.7 Å². The molecule has 1 aromatic carbocycles. The summed E-state index contributed by atoms with van der Waals surface area (Å²) in [6.45, 7) is 18.1. The number of hydrogen-bond donors (Lipinski definition) is 1. The van der Waals surface area contributed by atoms with Crippen LogP contribution in [0.1, 0.15) is 65.5 Å². The summed E-state index contributed by atoms with van der Waals surface area (Å²) in [5.74, 6) is -2.98. The molecule has 9 heteroatoms.